The van der Waals surface area contributed by atoms with Crippen LogP contribution < -0.4 is 29.7 Å². The van der Waals surface area contributed by atoms with E-state index in [-0.39, 0.29) is 35.3 Å². The lowest BCUT2D eigenvalue weighted by molar-refractivity contribution is -0.122. The fraction of sp³-hybridized carbons (Fsp3) is 0.143. The summed E-state index contributed by atoms with van der Waals surface area (Å²) in [6.07, 6.45) is 1.33. The van der Waals surface area contributed by atoms with Crippen molar-refractivity contribution in [3.05, 3.63) is 82.4 Å². The van der Waals surface area contributed by atoms with Gasteiger partial charge in [-0.05, 0) is 72.7 Å². The smallest absolute Gasteiger partial charge is 0.335 e. The quantitative estimate of drug-likeness (QED) is 0.316. The Bertz CT molecular complexity index is 1480. The molecular formula is C28H24ClN3O7. The van der Waals surface area contributed by atoms with Crippen LogP contribution in [-0.2, 0) is 14.4 Å². The summed E-state index contributed by atoms with van der Waals surface area (Å²) in [5.74, 6) is -0.826. The summed E-state index contributed by atoms with van der Waals surface area (Å²) in [6.45, 7) is 1.37. The number of rotatable bonds is 8. The predicted molar refractivity (Wildman–Crippen MR) is 145 cm³/mol. The van der Waals surface area contributed by atoms with E-state index in [1.807, 2.05) is 0 Å². The lowest BCUT2D eigenvalue weighted by Crippen LogP contribution is -2.54. The maximum absolute atomic E-state index is 13.2. The second-order valence-electron chi connectivity index (χ2n) is 8.32. The molecule has 0 aromatic heterocycles. The maximum atomic E-state index is 13.2. The fourth-order valence-electron chi connectivity index (χ4n) is 3.79. The number of benzene rings is 3. The molecule has 10 nitrogen and oxygen atoms in total. The van der Waals surface area contributed by atoms with Crippen molar-refractivity contribution in [1.82, 2.24) is 5.32 Å². The van der Waals surface area contributed by atoms with Crippen molar-refractivity contribution in [2.75, 3.05) is 31.0 Å². The normalized spacial score (nSPS) is 14.2. The van der Waals surface area contributed by atoms with Gasteiger partial charge in [-0.15, -0.1) is 0 Å². The minimum Gasteiger partial charge on any atom is -0.497 e. The van der Waals surface area contributed by atoms with Gasteiger partial charge in [0, 0.05) is 10.7 Å². The molecule has 2 N–H and O–H groups in total. The first-order valence-electron chi connectivity index (χ1n) is 11.6. The topological polar surface area (TPSA) is 123 Å². The van der Waals surface area contributed by atoms with Crippen molar-refractivity contribution in [3.63, 3.8) is 0 Å². The Morgan fingerprint density at radius 1 is 1.00 bits per heavy atom. The molecule has 5 amide bonds. The van der Waals surface area contributed by atoms with Gasteiger partial charge in [-0.25, -0.2) is 9.69 Å². The SMILES string of the molecule is COc1ccc(NC(=O)COc2ccc(/C=C3/C(=O)NC(=O)N(c4cccc(Cl)c4C)C3=O)cc2OC)cc1. The lowest BCUT2D eigenvalue weighted by atomic mass is 10.1. The largest absolute Gasteiger partial charge is 0.497 e. The van der Waals surface area contributed by atoms with E-state index in [4.69, 9.17) is 25.8 Å². The van der Waals surface area contributed by atoms with Crippen LogP contribution in [0, 0.1) is 6.92 Å². The molecule has 0 saturated carbocycles. The van der Waals surface area contributed by atoms with Crippen molar-refractivity contribution in [3.8, 4) is 17.2 Å². The number of amides is 5. The van der Waals surface area contributed by atoms with Crippen molar-refractivity contribution in [2.45, 2.75) is 6.92 Å². The molecule has 0 unspecified atom stereocenters. The first-order valence-corrected chi connectivity index (χ1v) is 12.0. The zero-order valence-electron chi connectivity index (χ0n) is 21.2. The molecule has 200 valence electrons. The molecule has 3 aromatic rings. The minimum atomic E-state index is -0.873. The van der Waals surface area contributed by atoms with Gasteiger partial charge in [0.2, 0.25) is 0 Å². The highest BCUT2D eigenvalue weighted by Gasteiger charge is 2.37. The van der Waals surface area contributed by atoms with Crippen molar-refractivity contribution >= 4 is 52.8 Å². The molecule has 0 atom stereocenters. The van der Waals surface area contributed by atoms with Gasteiger partial charge in [0.25, 0.3) is 17.7 Å². The van der Waals surface area contributed by atoms with Crippen LogP contribution in [0.15, 0.2) is 66.2 Å². The molecule has 4 rings (SSSR count). The molecule has 1 saturated heterocycles. The summed E-state index contributed by atoms with van der Waals surface area (Å²) in [5, 5.41) is 5.26. The monoisotopic (exact) mass is 549 g/mol. The second kappa shape index (κ2) is 11.7. The highest BCUT2D eigenvalue weighted by molar-refractivity contribution is 6.40. The van der Waals surface area contributed by atoms with Crippen LogP contribution in [0.5, 0.6) is 17.2 Å². The Morgan fingerprint density at radius 3 is 2.44 bits per heavy atom. The van der Waals surface area contributed by atoms with E-state index in [0.717, 1.165) is 4.90 Å². The van der Waals surface area contributed by atoms with Gasteiger partial charge in [-0.3, -0.25) is 19.7 Å². The van der Waals surface area contributed by atoms with Gasteiger partial charge in [0.1, 0.15) is 11.3 Å². The Morgan fingerprint density at radius 2 is 1.74 bits per heavy atom. The molecule has 39 heavy (non-hydrogen) atoms. The van der Waals surface area contributed by atoms with E-state index in [1.54, 1.807) is 68.6 Å². The molecule has 11 heteroatoms. The van der Waals surface area contributed by atoms with Crippen molar-refractivity contribution < 1.29 is 33.4 Å². The number of carbonyl (C=O) groups is 4. The summed E-state index contributed by atoms with van der Waals surface area (Å²) in [6, 6.07) is 15.4. The van der Waals surface area contributed by atoms with E-state index >= 15 is 0 Å². The van der Waals surface area contributed by atoms with Crippen LogP contribution in [0.25, 0.3) is 6.08 Å². The molecule has 0 bridgehead atoms. The number of hydrogen-bond donors (Lipinski definition) is 2. The van der Waals surface area contributed by atoms with Crippen molar-refractivity contribution in [2.24, 2.45) is 0 Å². The number of carbonyl (C=O) groups excluding carboxylic acids is 4. The van der Waals surface area contributed by atoms with Crippen LogP contribution in [-0.4, -0.2) is 44.6 Å². The zero-order chi connectivity index (χ0) is 28.1. The Kier molecular flexibility index (Phi) is 8.16. The Labute approximate surface area is 229 Å². The number of hydrogen-bond acceptors (Lipinski definition) is 7. The number of methoxy groups -OCH3 is 2. The first kappa shape index (κ1) is 27.2. The third kappa shape index (κ3) is 6.02. The lowest BCUT2D eigenvalue weighted by Gasteiger charge is -2.27. The predicted octanol–water partition coefficient (Wildman–Crippen LogP) is 4.35. The molecule has 1 aliphatic rings. The summed E-state index contributed by atoms with van der Waals surface area (Å²) < 4.78 is 16.1. The Hall–Kier alpha value is -4.83. The van der Waals surface area contributed by atoms with Gasteiger partial charge in [0.15, 0.2) is 18.1 Å². The molecule has 1 heterocycles. The summed E-state index contributed by atoms with van der Waals surface area (Å²) in [7, 11) is 2.97. The summed E-state index contributed by atoms with van der Waals surface area (Å²) in [5.41, 5.74) is 1.52. The molecule has 1 fully saturated rings. The number of ether oxygens (including phenoxy) is 3. The first-order chi connectivity index (χ1) is 18.7. The number of imide groups is 2. The number of nitrogens with zero attached hydrogens (tertiary/aromatic N) is 1. The second-order valence-corrected chi connectivity index (χ2v) is 8.72. The number of anilines is 2. The molecule has 0 aliphatic carbocycles. The van der Waals surface area contributed by atoms with Gasteiger partial charge in [0.05, 0.1) is 19.9 Å². The minimum absolute atomic E-state index is 0.261. The Balaban J connectivity index is 1.51. The van der Waals surface area contributed by atoms with Crippen LogP contribution in [0.4, 0.5) is 16.2 Å². The van der Waals surface area contributed by atoms with Gasteiger partial charge < -0.3 is 19.5 Å². The number of nitrogens with one attached hydrogen (secondary N) is 2. The van der Waals surface area contributed by atoms with Crippen molar-refractivity contribution in [1.29, 1.82) is 0 Å². The van der Waals surface area contributed by atoms with E-state index < -0.39 is 17.8 Å². The zero-order valence-corrected chi connectivity index (χ0v) is 22.0. The highest BCUT2D eigenvalue weighted by Crippen LogP contribution is 2.32. The van der Waals surface area contributed by atoms with E-state index in [9.17, 15) is 19.2 Å². The van der Waals surface area contributed by atoms with Gasteiger partial charge in [-0.1, -0.05) is 23.7 Å². The molecule has 0 spiro atoms. The molecule has 3 aromatic carbocycles. The summed E-state index contributed by atoms with van der Waals surface area (Å²) >= 11 is 6.16. The molecular weight excluding hydrogens is 526 g/mol. The molecule has 1 aliphatic heterocycles. The van der Waals surface area contributed by atoms with Crippen LogP contribution in [0.1, 0.15) is 11.1 Å². The average molecular weight is 550 g/mol. The third-order valence-electron chi connectivity index (χ3n) is 5.81. The highest BCUT2D eigenvalue weighted by atomic mass is 35.5. The number of urea groups is 1. The van der Waals surface area contributed by atoms with Crippen LogP contribution in [0.2, 0.25) is 5.02 Å². The van der Waals surface area contributed by atoms with E-state index in [0.29, 0.717) is 27.6 Å². The number of barbiturate groups is 1. The third-order valence-corrected chi connectivity index (χ3v) is 6.22. The standard InChI is InChI=1S/C28H24ClN3O7/c1-16-21(29)5-4-6-22(16)32-27(35)20(26(34)31-28(32)36)13-17-7-12-23(24(14-17)38-3)39-15-25(33)30-18-8-10-19(37-2)11-9-18/h4-14H,15H2,1-3H3,(H,30,33)(H,31,34,36)/b20-13-. The van der Waals surface area contributed by atoms with E-state index in [2.05, 4.69) is 10.6 Å². The van der Waals surface area contributed by atoms with Gasteiger partial charge in [-0.2, -0.15) is 0 Å². The van der Waals surface area contributed by atoms with Gasteiger partial charge >= 0.3 is 6.03 Å². The molecule has 0 radical (unpaired) electrons. The fourth-order valence-corrected chi connectivity index (χ4v) is 3.96. The average Bonchev–Trinajstić information content (AvgIpc) is 2.92. The van der Waals surface area contributed by atoms with Crippen LogP contribution >= 0.6 is 11.6 Å². The van der Waals surface area contributed by atoms with Crippen LogP contribution in [0.3, 0.4) is 0 Å². The number of halogens is 1. The summed E-state index contributed by atoms with van der Waals surface area (Å²) in [4.78, 5) is 51.5. The maximum Gasteiger partial charge on any atom is 0.335 e. The van der Waals surface area contributed by atoms with E-state index in [1.165, 1.54) is 19.3 Å².